The Morgan fingerprint density at radius 3 is 2.64 bits per heavy atom. The zero-order valence-electron chi connectivity index (χ0n) is 27.7. The van der Waals surface area contributed by atoms with Crippen molar-refractivity contribution >= 4 is 34.5 Å². The first-order valence-electron chi connectivity index (χ1n) is 17.0. The maximum absolute atomic E-state index is 12.8. The molecule has 12 heteroatoms. The van der Waals surface area contributed by atoms with E-state index in [4.69, 9.17) is 15.1 Å². The van der Waals surface area contributed by atoms with E-state index in [1.165, 1.54) is 18.3 Å². The number of hydrogen-bond donors (Lipinski definition) is 8. The third kappa shape index (κ3) is 9.99. The van der Waals surface area contributed by atoms with Crippen molar-refractivity contribution in [2.45, 2.75) is 90.3 Å². The fourth-order valence-corrected chi connectivity index (χ4v) is 6.06. The molecule has 1 unspecified atom stereocenters. The van der Waals surface area contributed by atoms with Crippen LogP contribution in [-0.2, 0) is 22.5 Å². The Labute approximate surface area is 276 Å². The van der Waals surface area contributed by atoms with Crippen LogP contribution < -0.4 is 26.8 Å². The molecule has 0 spiro atoms. The second-order valence-electron chi connectivity index (χ2n) is 12.0. The van der Waals surface area contributed by atoms with Gasteiger partial charge in [0.1, 0.15) is 11.6 Å². The average Bonchev–Trinajstić information content (AvgIpc) is 3.07. The summed E-state index contributed by atoms with van der Waals surface area (Å²) < 4.78 is 5.54. The predicted molar refractivity (Wildman–Crippen MR) is 187 cm³/mol. The van der Waals surface area contributed by atoms with Gasteiger partial charge < -0.3 is 46.6 Å². The van der Waals surface area contributed by atoms with Gasteiger partial charge >= 0.3 is 0 Å². The summed E-state index contributed by atoms with van der Waals surface area (Å²) in [5.41, 5.74) is 4.12. The van der Waals surface area contributed by atoms with Crippen LogP contribution in [0.4, 0.5) is 11.5 Å². The molecule has 4 rings (SSSR count). The molecule has 1 fully saturated rings. The van der Waals surface area contributed by atoms with Gasteiger partial charge in [-0.25, -0.2) is 4.98 Å². The van der Waals surface area contributed by atoms with E-state index < -0.39 is 6.10 Å². The van der Waals surface area contributed by atoms with Crippen LogP contribution in [0.25, 0.3) is 10.9 Å². The van der Waals surface area contributed by atoms with E-state index in [-0.39, 0.29) is 23.3 Å². The number of carbonyl (C=O) groups is 1. The lowest BCUT2D eigenvalue weighted by molar-refractivity contribution is -0.121. The number of aromatic nitrogens is 2. The molecule has 3 aromatic rings. The van der Waals surface area contributed by atoms with Gasteiger partial charge in [-0.3, -0.25) is 9.59 Å². The summed E-state index contributed by atoms with van der Waals surface area (Å²) in [6.07, 6.45) is 8.29. The number of ether oxygens (including phenoxy) is 1. The quantitative estimate of drug-likeness (QED) is 0.0685. The number of aliphatic hydroxyl groups is 1. The van der Waals surface area contributed by atoms with Crippen LogP contribution in [0.2, 0.25) is 0 Å². The SMILES string of the molecule is CCNc1nc(CC)c(CNC(=O)CCCCCCCNCC(O)c2ccc(O)c3[nH]c(=O)ccc23)c(NC2CCOCC2)c1C=N. The van der Waals surface area contributed by atoms with E-state index in [9.17, 15) is 19.8 Å². The van der Waals surface area contributed by atoms with E-state index >= 15 is 0 Å². The molecule has 47 heavy (non-hydrogen) atoms. The fourth-order valence-electron chi connectivity index (χ4n) is 6.06. The van der Waals surface area contributed by atoms with Crippen LogP contribution in [0.15, 0.2) is 29.1 Å². The molecule has 1 saturated heterocycles. The Morgan fingerprint density at radius 2 is 1.89 bits per heavy atom. The van der Waals surface area contributed by atoms with Crippen LogP contribution in [0.3, 0.4) is 0 Å². The number of phenolic OH excluding ortho intramolecular Hbond substituents is 1. The van der Waals surface area contributed by atoms with Crippen molar-refractivity contribution in [2.75, 3.05) is 43.5 Å². The molecular weight excluding hydrogens is 598 g/mol. The molecule has 1 aliphatic rings. The number of pyridine rings is 2. The molecule has 1 aromatic carbocycles. The number of anilines is 2. The highest BCUT2D eigenvalue weighted by Gasteiger charge is 2.22. The molecule has 3 heterocycles. The van der Waals surface area contributed by atoms with Crippen molar-refractivity contribution in [1.82, 2.24) is 20.6 Å². The highest BCUT2D eigenvalue weighted by Crippen LogP contribution is 2.31. The molecule has 12 nitrogen and oxygen atoms in total. The number of unbranched alkanes of at least 4 members (excludes halogenated alkanes) is 4. The molecule has 2 aromatic heterocycles. The Hall–Kier alpha value is -4.00. The lowest BCUT2D eigenvalue weighted by atomic mass is 10.0. The monoisotopic (exact) mass is 649 g/mol. The summed E-state index contributed by atoms with van der Waals surface area (Å²) in [5, 5.41) is 42.9. The summed E-state index contributed by atoms with van der Waals surface area (Å²) in [6.45, 7) is 7.67. The van der Waals surface area contributed by atoms with Gasteiger partial charge in [0.2, 0.25) is 11.5 Å². The highest BCUT2D eigenvalue weighted by molar-refractivity contribution is 5.94. The van der Waals surface area contributed by atoms with Gasteiger partial charge in [0, 0.05) is 74.2 Å². The number of rotatable bonds is 19. The number of carbonyl (C=O) groups excluding carboxylic acids is 1. The number of H-pyrrole nitrogens is 1. The lowest BCUT2D eigenvalue weighted by Crippen LogP contribution is -2.31. The lowest BCUT2D eigenvalue weighted by Gasteiger charge is -2.28. The second kappa shape index (κ2) is 18.4. The normalized spacial score (nSPS) is 14.2. The number of aryl methyl sites for hydroxylation is 1. The first kappa shape index (κ1) is 35.8. The Bertz CT molecular complexity index is 1540. The molecule has 256 valence electrons. The standard InChI is InChI=1S/C35H51N7O5/c1-3-28-27(33(40-23-15-18-47-19-16-23)26(20-36)35(41-28)38-4-2)21-39-31(45)10-8-6-5-7-9-17-37-22-30(44)24-11-13-29(43)34-25(24)12-14-32(46)42-34/h11-14,20,23,30,36-37,43-44H,3-10,15-19,21-22H2,1-2H3,(H,39,45)(H,42,46)(H2,38,40,41). The van der Waals surface area contributed by atoms with Crippen molar-refractivity contribution in [1.29, 1.82) is 5.41 Å². The molecule has 0 radical (unpaired) electrons. The predicted octanol–water partition coefficient (Wildman–Crippen LogP) is 4.49. The van der Waals surface area contributed by atoms with Crippen LogP contribution >= 0.6 is 0 Å². The van der Waals surface area contributed by atoms with Gasteiger partial charge in [0.25, 0.3) is 0 Å². The van der Waals surface area contributed by atoms with Crippen LogP contribution in [-0.4, -0.2) is 71.2 Å². The number of hydrogen-bond acceptors (Lipinski definition) is 10. The Morgan fingerprint density at radius 1 is 1.13 bits per heavy atom. The van der Waals surface area contributed by atoms with E-state index in [2.05, 4.69) is 33.2 Å². The van der Waals surface area contributed by atoms with Gasteiger partial charge in [-0.15, -0.1) is 0 Å². The van der Waals surface area contributed by atoms with Crippen LogP contribution in [0, 0.1) is 5.41 Å². The summed E-state index contributed by atoms with van der Waals surface area (Å²) in [4.78, 5) is 31.9. The van der Waals surface area contributed by atoms with Gasteiger partial charge in [-0.05, 0) is 63.3 Å². The van der Waals surface area contributed by atoms with Crippen LogP contribution in [0.5, 0.6) is 5.75 Å². The molecule has 0 saturated carbocycles. The van der Waals surface area contributed by atoms with Crippen molar-refractivity contribution in [2.24, 2.45) is 0 Å². The summed E-state index contributed by atoms with van der Waals surface area (Å²) >= 11 is 0. The maximum atomic E-state index is 12.8. The largest absolute Gasteiger partial charge is 0.506 e. The Kier molecular flexibility index (Phi) is 14.0. The van der Waals surface area contributed by atoms with Gasteiger partial charge in [0.15, 0.2) is 0 Å². The molecule has 1 atom stereocenters. The zero-order valence-corrected chi connectivity index (χ0v) is 27.7. The summed E-state index contributed by atoms with van der Waals surface area (Å²) in [6, 6.07) is 6.40. The number of fused-ring (bicyclic) bond motifs is 1. The average molecular weight is 650 g/mol. The van der Waals surface area contributed by atoms with Crippen molar-refractivity contribution in [3.05, 3.63) is 57.0 Å². The highest BCUT2D eigenvalue weighted by atomic mass is 16.5. The molecular formula is C35H51N7O5. The number of phenols is 1. The molecule has 0 bridgehead atoms. The topological polar surface area (TPSA) is 184 Å². The second-order valence-corrected chi connectivity index (χ2v) is 12.0. The molecule has 1 amide bonds. The minimum absolute atomic E-state index is 0.0118. The molecule has 8 N–H and O–H groups in total. The third-order valence-corrected chi connectivity index (χ3v) is 8.64. The Balaban J connectivity index is 1.18. The van der Waals surface area contributed by atoms with Crippen molar-refractivity contribution < 1.29 is 19.7 Å². The first-order chi connectivity index (χ1) is 22.9. The smallest absolute Gasteiger partial charge is 0.248 e. The van der Waals surface area contributed by atoms with Crippen LogP contribution in [0.1, 0.15) is 93.7 Å². The van der Waals surface area contributed by atoms with Gasteiger partial charge in [-0.2, -0.15) is 0 Å². The van der Waals surface area contributed by atoms with Gasteiger partial charge in [-0.1, -0.05) is 32.3 Å². The van der Waals surface area contributed by atoms with E-state index in [0.717, 1.165) is 74.0 Å². The summed E-state index contributed by atoms with van der Waals surface area (Å²) in [5.74, 6) is 0.680. The minimum atomic E-state index is -0.775. The number of benzene rings is 1. The molecule has 0 aliphatic carbocycles. The fraction of sp³-hybridized carbons (Fsp3) is 0.543. The number of amides is 1. The molecule has 1 aliphatic heterocycles. The van der Waals surface area contributed by atoms with Gasteiger partial charge in [0.05, 0.1) is 22.9 Å². The minimum Gasteiger partial charge on any atom is -0.506 e. The number of aliphatic hydroxyl groups excluding tert-OH is 1. The van der Waals surface area contributed by atoms with E-state index in [1.807, 2.05) is 6.92 Å². The number of nitrogens with one attached hydrogen (secondary N) is 6. The van der Waals surface area contributed by atoms with E-state index in [0.29, 0.717) is 68.0 Å². The van der Waals surface area contributed by atoms with Crippen molar-refractivity contribution in [3.63, 3.8) is 0 Å². The number of aromatic amines is 1. The van der Waals surface area contributed by atoms with E-state index in [1.54, 1.807) is 12.1 Å². The van der Waals surface area contributed by atoms with Crippen molar-refractivity contribution in [3.8, 4) is 5.75 Å². The number of aromatic hydroxyl groups is 1. The number of nitrogens with zero attached hydrogens (tertiary/aromatic N) is 1. The first-order valence-corrected chi connectivity index (χ1v) is 17.0. The summed E-state index contributed by atoms with van der Waals surface area (Å²) in [7, 11) is 0. The maximum Gasteiger partial charge on any atom is 0.248 e. The third-order valence-electron chi connectivity index (χ3n) is 8.64. The zero-order chi connectivity index (χ0) is 33.6.